The predicted octanol–water partition coefficient (Wildman–Crippen LogP) is 10.4. The second-order valence-corrected chi connectivity index (χ2v) is 38.9. The average molecular weight is 1890 g/mol. The summed E-state index contributed by atoms with van der Waals surface area (Å²) in [6.07, 6.45) is 1.47. The quantitative estimate of drug-likeness (QED) is 0.0229. The summed E-state index contributed by atoms with van der Waals surface area (Å²) in [5.74, 6) is -1.49. The Morgan fingerprint density at radius 2 is 0.882 bits per heavy atom. The van der Waals surface area contributed by atoms with Crippen molar-refractivity contribution in [3.63, 3.8) is 0 Å². The van der Waals surface area contributed by atoms with E-state index < -0.39 is 105 Å². The van der Waals surface area contributed by atoms with Crippen LogP contribution in [0.15, 0.2) is 176 Å². The van der Waals surface area contributed by atoms with E-state index in [1.54, 1.807) is 59.6 Å². The third-order valence-corrected chi connectivity index (χ3v) is 26.6. The molecule has 136 heavy (non-hydrogen) atoms. The molecule has 5 fully saturated rings. The first-order valence-electron chi connectivity index (χ1n) is 45.5. The van der Waals surface area contributed by atoms with E-state index in [0.29, 0.717) is 61.5 Å². The van der Waals surface area contributed by atoms with E-state index >= 15 is 0 Å². The number of esters is 1. The number of para-hydroxylation sites is 5. The maximum atomic E-state index is 13.8. The summed E-state index contributed by atoms with van der Waals surface area (Å²) >= 11 is 0. The number of aliphatic hydroxyl groups excluding tert-OH is 3. The van der Waals surface area contributed by atoms with Gasteiger partial charge in [-0.25, -0.2) is 19.2 Å². The van der Waals surface area contributed by atoms with Gasteiger partial charge in [-0.3, -0.25) is 43.3 Å². The summed E-state index contributed by atoms with van der Waals surface area (Å²) in [6.45, 7) is 19.3. The number of hydrogen-bond acceptors (Lipinski definition) is 22. The first kappa shape index (κ1) is 100. The molecule has 1 aromatic heterocycles. The van der Waals surface area contributed by atoms with Crippen LogP contribution in [0.2, 0.25) is 0 Å². The number of hydrogen-bond donors (Lipinski definition) is 12. The lowest BCUT2D eigenvalue weighted by atomic mass is 9.79. The normalized spacial score (nSPS) is 24.0. The molecule has 12 N–H and O–H groups in total. The van der Waals surface area contributed by atoms with Crippen LogP contribution in [0.1, 0.15) is 158 Å². The lowest BCUT2D eigenvalue weighted by Crippen LogP contribution is -2.52. The highest BCUT2D eigenvalue weighted by molar-refractivity contribution is 6.12. The fourth-order valence-corrected chi connectivity index (χ4v) is 20.2. The summed E-state index contributed by atoms with van der Waals surface area (Å²) in [5.41, 5.74) is 4.62. The Morgan fingerprint density at radius 1 is 0.478 bits per heavy atom. The molecular formula is C101H120ClN13O21. The predicted molar refractivity (Wildman–Crippen MR) is 508 cm³/mol. The number of alkyl carbamates (subject to hydrolysis) is 1. The van der Waals surface area contributed by atoms with E-state index in [4.69, 9.17) is 28.8 Å². The minimum Gasteiger partial charge on any atom is -0.496 e. The number of rotatable bonds is 17. The summed E-state index contributed by atoms with van der Waals surface area (Å²) in [6, 6.07) is 49.6. The number of likely N-dealkylation sites (tertiary alicyclic amines) is 4. The van der Waals surface area contributed by atoms with Crippen LogP contribution in [-0.4, -0.2) is 238 Å². The minimum atomic E-state index is -0.988. The zero-order chi connectivity index (χ0) is 97.0. The van der Waals surface area contributed by atoms with Gasteiger partial charge in [0.15, 0.2) is 0 Å². The van der Waals surface area contributed by atoms with Crippen LogP contribution in [0, 0.1) is 11.8 Å². The molecule has 10 aliphatic rings. The molecule has 10 aliphatic heterocycles. The molecule has 722 valence electrons. The fraction of sp³-hybridized carbons (Fsp3) is 0.436. The van der Waals surface area contributed by atoms with Gasteiger partial charge in [-0.1, -0.05) is 155 Å². The molecule has 11 amide bonds. The topological polar surface area (TPSA) is 454 Å². The number of fused-ring (bicyclic) bond motifs is 11. The zero-order valence-corrected chi connectivity index (χ0v) is 79.0. The number of nitrogens with one attached hydrogen (secondary N) is 9. The molecule has 0 bridgehead atoms. The number of aldehydes is 1. The molecule has 0 unspecified atom stereocenters. The van der Waals surface area contributed by atoms with Crippen LogP contribution in [0.3, 0.4) is 0 Å². The number of aromatic nitrogens is 1. The van der Waals surface area contributed by atoms with Crippen molar-refractivity contribution in [3.8, 4) is 5.75 Å². The second-order valence-electron chi connectivity index (χ2n) is 38.9. The Balaban J connectivity index is 0.000000147. The lowest BCUT2D eigenvalue weighted by molar-refractivity contribution is -0.145. The van der Waals surface area contributed by atoms with E-state index in [0.717, 1.165) is 67.6 Å². The molecule has 0 radical (unpaired) electrons. The lowest BCUT2D eigenvalue weighted by Gasteiger charge is -2.29. The maximum Gasteiger partial charge on any atom is 0.411 e. The number of aliphatic hydroxyl groups is 3. The van der Waals surface area contributed by atoms with E-state index in [9.17, 15) is 72.5 Å². The molecule has 8 aromatic rings. The number of amides is 11. The molecule has 5 saturated heterocycles. The van der Waals surface area contributed by atoms with Crippen molar-refractivity contribution in [2.24, 2.45) is 11.8 Å². The van der Waals surface area contributed by atoms with Crippen molar-refractivity contribution in [1.29, 1.82) is 0 Å². The number of halogens is 1. The molecule has 5 spiro atoms. The van der Waals surface area contributed by atoms with Crippen molar-refractivity contribution < 1.29 is 101 Å². The van der Waals surface area contributed by atoms with Gasteiger partial charge >= 0.3 is 24.2 Å². The average Bonchev–Trinajstić information content (AvgIpc) is 1.58. The molecule has 34 nitrogen and oxygen atoms in total. The van der Waals surface area contributed by atoms with Crippen LogP contribution in [0.5, 0.6) is 5.75 Å². The smallest absolute Gasteiger partial charge is 0.411 e. The SMILES string of the molecule is CC(C)(C)OC(=O)N1C[C@]2(C[C@H]1CO)C(=O)Nc1ccccc12.CC(C)C[C@H](NC(=O)OCc1ccccc1)C(=O)N1C[C@]2(C[C@H]1CO)C(=O)Nc1ccccc12.COC(=O)[C@@H]1C[C@@]2(CN1C(=O)OC(C)(C)C)C(=O)Nc1ccccc12.COc1cccc2[nH]c(C(=O)N[C@@H](CC(C)C)C(=O)N3C[C@]4(C[C@H]3C=O)C(=O)Nc3ccccc34)cc12.Cl.O=C1Nc2ccccc2[C@]12CN[C@H](CO)C2. The van der Waals surface area contributed by atoms with Crippen LogP contribution in [0.25, 0.3) is 10.9 Å². The number of carbonyl (C=O) groups excluding carboxylic acids is 13. The van der Waals surface area contributed by atoms with Gasteiger partial charge in [0.25, 0.3) is 5.91 Å². The largest absolute Gasteiger partial charge is 0.496 e. The van der Waals surface area contributed by atoms with Gasteiger partial charge in [0.2, 0.25) is 41.4 Å². The Morgan fingerprint density at radius 3 is 1.32 bits per heavy atom. The highest BCUT2D eigenvalue weighted by atomic mass is 35.5. The van der Waals surface area contributed by atoms with E-state index in [1.165, 1.54) is 21.8 Å². The van der Waals surface area contributed by atoms with E-state index in [1.807, 2.05) is 198 Å². The summed E-state index contributed by atoms with van der Waals surface area (Å²) < 4.78 is 26.4. The molecular weight excluding hydrogens is 1770 g/mol. The molecule has 12 atom stereocenters. The number of benzene rings is 7. The van der Waals surface area contributed by atoms with Gasteiger partial charge in [0.1, 0.15) is 53.7 Å². The third-order valence-electron chi connectivity index (χ3n) is 26.6. The Kier molecular flexibility index (Phi) is 30.0. The first-order valence-corrected chi connectivity index (χ1v) is 45.5. The number of nitrogens with zero attached hydrogens (tertiary/aromatic N) is 4. The number of aromatic amines is 1. The standard InChI is InChI=1S/C28H30N4O5.C26H31N3O5.C18H22N2O5.C17H22N2O4.C12H14N2O2.ClH/c1-16(2)11-23(30-25(34)22-12-18-20(29-22)9-6-10-24(18)37-3)26(35)32-15-28(13-17(32)14-33)19-7-4-5-8-21(19)31-27(28)36;1-17(2)12-22(28-25(33)34-15-18-8-4-3-5-9-18)23(31)29-16-26(13-19(29)14-30)20-10-6-7-11-21(20)27-24(26)32;1-17(2,3)25-16(23)20-10-18(9-13(20)14(21)24-4)11-7-5-6-8-12(11)19-15(18)22;1-16(2,3)23-15(22)19-10-17(8-11(19)9-20)12-6-4-5-7-13(12)18-14(17)21;15-6-8-5-12(7-13-8)9-3-1-2-4-10(9)14-11(12)16;/h4-10,12,14,16-17,23,29H,11,13,15H2,1-3H3,(H,30,34)(H,31,36);3-11,17,19,22,30H,12-16H2,1-2H3,(H,27,32)(H,28,33);5-8,13H,9-10H2,1-4H3,(H,19,22);4-7,11,20H,8-10H2,1-3H3,(H,18,21);1-4,8,13,15H,5-7H2,(H,14,16);1H/t17-,23-,28-;19-,22-,26-;13-,18-;11-,17-;8-,12-;/m00000./s1. The Hall–Kier alpha value is -13.3. The number of anilines is 5. The van der Waals surface area contributed by atoms with Crippen molar-refractivity contribution in [2.75, 3.05) is 93.3 Å². The van der Waals surface area contributed by atoms with Gasteiger partial charge in [0, 0.05) is 78.1 Å². The van der Waals surface area contributed by atoms with Crippen molar-refractivity contribution in [3.05, 3.63) is 215 Å². The van der Waals surface area contributed by atoms with Crippen LogP contribution in [0.4, 0.5) is 42.8 Å². The van der Waals surface area contributed by atoms with Crippen molar-refractivity contribution >= 4 is 130 Å². The molecule has 7 aromatic carbocycles. The second kappa shape index (κ2) is 40.7. The van der Waals surface area contributed by atoms with Gasteiger partial charge in [-0.2, -0.15) is 0 Å². The van der Waals surface area contributed by atoms with Gasteiger partial charge in [-0.05, 0) is 180 Å². The molecule has 35 heteroatoms. The number of ether oxygens (including phenoxy) is 5. The third kappa shape index (κ3) is 20.1. The van der Waals surface area contributed by atoms with Crippen LogP contribution in [-0.2, 0) is 95.8 Å². The van der Waals surface area contributed by atoms with Gasteiger partial charge in [0.05, 0.1) is 79.2 Å². The number of methoxy groups -OCH3 is 2. The van der Waals surface area contributed by atoms with Gasteiger partial charge < -0.3 is 106 Å². The fourth-order valence-electron chi connectivity index (χ4n) is 20.2. The van der Waals surface area contributed by atoms with E-state index in [-0.39, 0.29) is 137 Å². The van der Waals surface area contributed by atoms with Crippen LogP contribution < -0.4 is 47.3 Å². The highest BCUT2D eigenvalue weighted by Gasteiger charge is 2.62. The number of H-pyrrole nitrogens is 1. The monoisotopic (exact) mass is 1890 g/mol. The molecule has 11 heterocycles. The highest BCUT2D eigenvalue weighted by Crippen LogP contribution is 2.52. The summed E-state index contributed by atoms with van der Waals surface area (Å²) in [5, 5.41) is 52.9. The van der Waals surface area contributed by atoms with Gasteiger partial charge in [-0.15, -0.1) is 12.4 Å². The number of carbonyl (C=O) groups is 13. The van der Waals surface area contributed by atoms with Crippen LogP contribution >= 0.6 is 12.4 Å². The molecule has 0 aliphatic carbocycles. The maximum absolute atomic E-state index is 13.8. The van der Waals surface area contributed by atoms with Crippen molar-refractivity contribution in [1.82, 2.24) is 40.5 Å². The minimum absolute atomic E-state index is 0. The first-order chi connectivity index (χ1) is 64.3. The zero-order valence-electron chi connectivity index (χ0n) is 78.2. The summed E-state index contributed by atoms with van der Waals surface area (Å²) in [4.78, 5) is 175. The Bertz CT molecular complexity index is 5880. The molecule has 0 saturated carbocycles. The summed E-state index contributed by atoms with van der Waals surface area (Å²) in [7, 11) is 2.83. The van der Waals surface area contributed by atoms with Crippen molar-refractivity contribution in [2.45, 2.75) is 201 Å². The molecule has 18 rings (SSSR count). The van der Waals surface area contributed by atoms with E-state index in [2.05, 4.69) is 47.5 Å². The Labute approximate surface area is 794 Å².